The first-order valence-corrected chi connectivity index (χ1v) is 10.1. The first-order valence-electron chi connectivity index (χ1n) is 9.22. The lowest BCUT2D eigenvalue weighted by Crippen LogP contribution is -2.33. The van der Waals surface area contributed by atoms with E-state index in [1.165, 1.54) is 23.9 Å². The second kappa shape index (κ2) is 9.51. The molecule has 9 heteroatoms. The molecule has 0 radical (unpaired) electrons. The molecule has 0 aliphatic heterocycles. The minimum atomic E-state index is -0.443. The number of hydrogen-bond donors (Lipinski definition) is 1. The number of rotatable bonds is 8. The lowest BCUT2D eigenvalue weighted by molar-refractivity contribution is -0.120. The number of carbonyl (C=O) groups excluding carboxylic acids is 1. The molecule has 0 aliphatic carbocycles. The average molecular weight is 415 g/mol. The number of nitrogens with zero attached hydrogens (tertiary/aromatic N) is 4. The molecule has 0 saturated heterocycles. The summed E-state index contributed by atoms with van der Waals surface area (Å²) in [5.41, 5.74) is 1.53. The van der Waals surface area contributed by atoms with Gasteiger partial charge < -0.3 is 10.1 Å². The molecule has 3 rings (SSSR count). The van der Waals surface area contributed by atoms with Crippen molar-refractivity contribution in [3.05, 3.63) is 59.9 Å². The SMILES string of the molecule is CCOc1ccccc1-n1nnnc1S[C@H](C)C(=O)N[C@@H](C)c1ccc(F)cc1. The first-order chi connectivity index (χ1) is 14.0. The third-order valence-corrected chi connectivity index (χ3v) is 5.25. The van der Waals surface area contributed by atoms with Crippen LogP contribution in [-0.4, -0.2) is 38.0 Å². The van der Waals surface area contributed by atoms with E-state index in [0.717, 1.165) is 5.56 Å². The van der Waals surface area contributed by atoms with Crippen LogP contribution in [0.15, 0.2) is 53.7 Å². The fourth-order valence-corrected chi connectivity index (χ4v) is 3.50. The number of carbonyl (C=O) groups is 1. The molecule has 7 nitrogen and oxygen atoms in total. The van der Waals surface area contributed by atoms with Crippen LogP contribution in [-0.2, 0) is 4.79 Å². The van der Waals surface area contributed by atoms with Gasteiger partial charge >= 0.3 is 0 Å². The third kappa shape index (κ3) is 5.11. The molecule has 1 N–H and O–H groups in total. The molecule has 2 atom stereocenters. The Hall–Kier alpha value is -2.94. The summed E-state index contributed by atoms with van der Waals surface area (Å²) in [5, 5.41) is 14.8. The molecule has 1 amide bonds. The Kier molecular flexibility index (Phi) is 6.82. The van der Waals surface area contributed by atoms with E-state index in [2.05, 4.69) is 20.8 Å². The number of tetrazole rings is 1. The molecule has 0 aliphatic rings. The standard InChI is InChI=1S/C20H22FN5O2S/c1-4-28-18-8-6-5-7-17(18)26-20(23-24-25-26)29-14(3)19(27)22-13(2)15-9-11-16(21)12-10-15/h5-14H,4H2,1-3H3,(H,22,27)/t13-,14+/m0/s1. The molecular weight excluding hydrogens is 393 g/mol. The predicted octanol–water partition coefficient (Wildman–Crippen LogP) is 3.56. The highest BCUT2D eigenvalue weighted by atomic mass is 32.2. The molecule has 0 fully saturated rings. The van der Waals surface area contributed by atoms with Crippen LogP contribution in [0.5, 0.6) is 5.75 Å². The number of nitrogens with one attached hydrogen (secondary N) is 1. The van der Waals surface area contributed by atoms with Gasteiger partial charge in [0.1, 0.15) is 17.3 Å². The second-order valence-electron chi connectivity index (χ2n) is 6.32. The van der Waals surface area contributed by atoms with Crippen molar-refractivity contribution in [3.63, 3.8) is 0 Å². The highest BCUT2D eigenvalue weighted by Crippen LogP contribution is 2.28. The van der Waals surface area contributed by atoms with E-state index in [1.54, 1.807) is 23.7 Å². The Labute approximate surface area is 172 Å². The largest absolute Gasteiger partial charge is 0.492 e. The van der Waals surface area contributed by atoms with Crippen molar-refractivity contribution in [3.8, 4) is 11.4 Å². The molecule has 0 unspecified atom stereocenters. The van der Waals surface area contributed by atoms with Crippen LogP contribution >= 0.6 is 11.8 Å². The minimum Gasteiger partial charge on any atom is -0.492 e. The van der Waals surface area contributed by atoms with E-state index in [-0.39, 0.29) is 17.8 Å². The number of thioether (sulfide) groups is 1. The Morgan fingerprint density at radius 3 is 2.66 bits per heavy atom. The summed E-state index contributed by atoms with van der Waals surface area (Å²) < 4.78 is 20.3. The summed E-state index contributed by atoms with van der Waals surface area (Å²) in [4.78, 5) is 12.6. The summed E-state index contributed by atoms with van der Waals surface area (Å²) in [6, 6.07) is 13.3. The normalized spacial score (nSPS) is 13.0. The summed E-state index contributed by atoms with van der Waals surface area (Å²) in [7, 11) is 0. The molecule has 1 heterocycles. The van der Waals surface area contributed by atoms with E-state index < -0.39 is 5.25 Å². The van der Waals surface area contributed by atoms with Gasteiger partial charge in [0.2, 0.25) is 11.1 Å². The van der Waals surface area contributed by atoms with Gasteiger partial charge in [0.05, 0.1) is 17.9 Å². The van der Waals surface area contributed by atoms with Crippen molar-refractivity contribution in [1.82, 2.24) is 25.5 Å². The van der Waals surface area contributed by atoms with Crippen molar-refractivity contribution in [1.29, 1.82) is 0 Å². The number of aromatic nitrogens is 4. The lowest BCUT2D eigenvalue weighted by atomic mass is 10.1. The maximum absolute atomic E-state index is 13.1. The Bertz CT molecular complexity index is 964. The Balaban J connectivity index is 1.70. The zero-order valence-corrected chi connectivity index (χ0v) is 17.2. The van der Waals surface area contributed by atoms with Gasteiger partial charge in [-0.2, -0.15) is 4.68 Å². The summed E-state index contributed by atoms with van der Waals surface area (Å²) in [5.74, 6) is 0.182. The zero-order valence-electron chi connectivity index (χ0n) is 16.4. The number of benzene rings is 2. The number of halogens is 1. The van der Waals surface area contributed by atoms with Crippen LogP contribution in [0.25, 0.3) is 5.69 Å². The molecule has 2 aromatic carbocycles. The lowest BCUT2D eigenvalue weighted by Gasteiger charge is -2.17. The molecule has 29 heavy (non-hydrogen) atoms. The van der Waals surface area contributed by atoms with Crippen LogP contribution < -0.4 is 10.1 Å². The van der Waals surface area contributed by atoms with Gasteiger partial charge in [-0.25, -0.2) is 4.39 Å². The zero-order chi connectivity index (χ0) is 20.8. The van der Waals surface area contributed by atoms with E-state index in [0.29, 0.717) is 23.2 Å². The molecule has 152 valence electrons. The van der Waals surface area contributed by atoms with Crippen LogP contribution in [0.1, 0.15) is 32.4 Å². The molecule has 0 saturated carbocycles. The first kappa shape index (κ1) is 20.8. The van der Waals surface area contributed by atoms with E-state index >= 15 is 0 Å². The van der Waals surface area contributed by atoms with Crippen molar-refractivity contribution in [2.75, 3.05) is 6.61 Å². The van der Waals surface area contributed by atoms with Gasteiger partial charge in [0.25, 0.3) is 0 Å². The monoisotopic (exact) mass is 415 g/mol. The van der Waals surface area contributed by atoms with Crippen LogP contribution in [0.4, 0.5) is 4.39 Å². The Morgan fingerprint density at radius 1 is 1.21 bits per heavy atom. The molecule has 0 bridgehead atoms. The summed E-state index contributed by atoms with van der Waals surface area (Å²) in [6.07, 6.45) is 0. The number of ether oxygens (including phenoxy) is 1. The van der Waals surface area contributed by atoms with E-state index in [9.17, 15) is 9.18 Å². The van der Waals surface area contributed by atoms with Crippen LogP contribution in [0.2, 0.25) is 0 Å². The van der Waals surface area contributed by atoms with E-state index in [4.69, 9.17) is 4.74 Å². The van der Waals surface area contributed by atoms with Gasteiger partial charge in [-0.3, -0.25) is 4.79 Å². The predicted molar refractivity (Wildman–Crippen MR) is 109 cm³/mol. The smallest absolute Gasteiger partial charge is 0.233 e. The van der Waals surface area contributed by atoms with Gasteiger partial charge in [-0.15, -0.1) is 5.10 Å². The maximum Gasteiger partial charge on any atom is 0.233 e. The van der Waals surface area contributed by atoms with Crippen LogP contribution in [0, 0.1) is 5.82 Å². The van der Waals surface area contributed by atoms with Gasteiger partial charge in [0.15, 0.2) is 0 Å². The fraction of sp³-hybridized carbons (Fsp3) is 0.300. The second-order valence-corrected chi connectivity index (χ2v) is 7.62. The summed E-state index contributed by atoms with van der Waals surface area (Å²) >= 11 is 1.25. The highest BCUT2D eigenvalue weighted by molar-refractivity contribution is 8.00. The molecule has 1 aromatic heterocycles. The molecule has 3 aromatic rings. The highest BCUT2D eigenvalue weighted by Gasteiger charge is 2.22. The van der Waals surface area contributed by atoms with Crippen molar-refractivity contribution in [2.24, 2.45) is 0 Å². The maximum atomic E-state index is 13.1. The van der Waals surface area contributed by atoms with Crippen molar-refractivity contribution in [2.45, 2.75) is 37.2 Å². The third-order valence-electron chi connectivity index (χ3n) is 4.21. The Morgan fingerprint density at radius 2 is 1.93 bits per heavy atom. The molecule has 0 spiro atoms. The van der Waals surface area contributed by atoms with Crippen LogP contribution in [0.3, 0.4) is 0 Å². The quantitative estimate of drug-likeness (QED) is 0.567. The van der Waals surface area contributed by atoms with Crippen molar-refractivity contribution < 1.29 is 13.9 Å². The van der Waals surface area contributed by atoms with Gasteiger partial charge in [-0.1, -0.05) is 36.0 Å². The number of hydrogen-bond acceptors (Lipinski definition) is 6. The topological polar surface area (TPSA) is 81.9 Å². The summed E-state index contributed by atoms with van der Waals surface area (Å²) in [6.45, 7) is 6.05. The molecular formula is C20H22FN5O2S. The average Bonchev–Trinajstić information content (AvgIpc) is 3.17. The fourth-order valence-electron chi connectivity index (χ4n) is 2.69. The number of amides is 1. The number of para-hydroxylation sites is 2. The van der Waals surface area contributed by atoms with Crippen molar-refractivity contribution >= 4 is 17.7 Å². The van der Waals surface area contributed by atoms with Gasteiger partial charge in [-0.05, 0) is 61.0 Å². The minimum absolute atomic E-state index is 0.167. The van der Waals surface area contributed by atoms with E-state index in [1.807, 2.05) is 38.1 Å². The van der Waals surface area contributed by atoms with Gasteiger partial charge in [0, 0.05) is 0 Å².